The molecule has 58 heavy (non-hydrogen) atoms. The molecule has 1 N–H and O–H groups in total. The van der Waals surface area contributed by atoms with E-state index in [2.05, 4.69) is 154 Å². The van der Waals surface area contributed by atoms with Gasteiger partial charge in [0, 0.05) is 49.1 Å². The van der Waals surface area contributed by atoms with Crippen LogP contribution in [0.4, 0.5) is 0 Å². The van der Waals surface area contributed by atoms with E-state index in [1.165, 1.54) is 61.5 Å². The van der Waals surface area contributed by atoms with Crippen molar-refractivity contribution in [2.75, 3.05) is 0 Å². The molecule has 1 aromatic heterocycles. The number of nitrogens with zero attached hydrogens (tertiary/aromatic N) is 1. The number of aliphatic hydroxyl groups excluding tert-OH is 1. The van der Waals surface area contributed by atoms with E-state index in [9.17, 15) is 9.90 Å². The van der Waals surface area contributed by atoms with Crippen LogP contribution < -0.4 is 0 Å². The molecule has 0 bridgehead atoms. The zero-order valence-electron chi connectivity index (χ0n) is 34.8. The van der Waals surface area contributed by atoms with Crippen LogP contribution in [-0.2, 0) is 30.3 Å². The molecule has 1 radical (unpaired) electrons. The summed E-state index contributed by atoms with van der Waals surface area (Å²) in [4.78, 5) is 17.0. The summed E-state index contributed by atoms with van der Waals surface area (Å²) in [6.07, 6.45) is 4.91. The van der Waals surface area contributed by atoms with E-state index in [4.69, 9.17) is 4.98 Å². The van der Waals surface area contributed by atoms with Gasteiger partial charge in [-0.05, 0) is 81.7 Å². The molecule has 4 heteroatoms. The van der Waals surface area contributed by atoms with Crippen LogP contribution in [-0.4, -0.2) is 15.9 Å². The number of pyridine rings is 1. The molecule has 0 spiro atoms. The normalized spacial score (nSPS) is 12.1. The molecule has 6 aromatic carbocycles. The number of hydrogen-bond donors (Lipinski definition) is 1. The smallest absolute Gasteiger partial charge is 0.162 e. The van der Waals surface area contributed by atoms with Crippen molar-refractivity contribution in [2.45, 2.75) is 79.6 Å². The third kappa shape index (κ3) is 8.37. The molecule has 1 aliphatic rings. The van der Waals surface area contributed by atoms with Crippen molar-refractivity contribution < 1.29 is 30.0 Å². The largest absolute Gasteiger partial charge is 0.512 e. The second-order valence-corrected chi connectivity index (χ2v) is 16.3. The summed E-state index contributed by atoms with van der Waals surface area (Å²) < 4.78 is 0. The zero-order chi connectivity index (χ0) is 40.3. The quantitative estimate of drug-likeness (QED) is 0.0938. The summed E-state index contributed by atoms with van der Waals surface area (Å²) in [5.74, 6) is 0.547. The fraction of sp³-hybridized carbons (Fsp3) is 0.259. The molecule has 0 saturated carbocycles. The van der Waals surface area contributed by atoms with Gasteiger partial charge in [0.25, 0.3) is 0 Å². The van der Waals surface area contributed by atoms with Crippen molar-refractivity contribution >= 4 is 27.5 Å². The number of benzene rings is 6. The molecule has 297 valence electrons. The Balaban J connectivity index is 0.000000305. The van der Waals surface area contributed by atoms with Crippen LogP contribution in [0.3, 0.4) is 0 Å². The topological polar surface area (TPSA) is 50.2 Å². The van der Waals surface area contributed by atoms with Crippen LogP contribution >= 0.6 is 0 Å². The number of carbonyl (C=O) groups excluding carboxylic acids is 1. The maximum absolute atomic E-state index is 11.7. The van der Waals surface area contributed by atoms with E-state index < -0.39 is 0 Å². The Morgan fingerprint density at radius 3 is 1.67 bits per heavy atom. The first-order chi connectivity index (χ1) is 27.6. The Labute approximate surface area is 358 Å². The third-order valence-corrected chi connectivity index (χ3v) is 11.7. The standard InChI is InChI=1S/C41H30N.C13H24O2.Ir/c1-41(2,3)37-25-27(24-26-12-4-5-13-28(26)37)38-22-21-36-39(42-38)23-20-35-33-18-9-8-16-31(33)29-14-6-7-15-30(29)32-17-10-11-19-34(32)40(35)36;1-5-10(6-2)12(14)9-13(15)11(7-3)8-4;/h4-23,25H,1-3H3;9-11,14H,5-8H2,1-4H3;/q-1;;/b;12-9-;. The van der Waals surface area contributed by atoms with Gasteiger partial charge in [0.15, 0.2) is 5.78 Å². The van der Waals surface area contributed by atoms with Crippen LogP contribution in [0, 0.1) is 17.9 Å². The number of hydrogen-bond acceptors (Lipinski definition) is 3. The molecule has 1 aliphatic carbocycles. The number of rotatable bonds is 8. The van der Waals surface area contributed by atoms with Gasteiger partial charge < -0.3 is 5.11 Å². The van der Waals surface area contributed by atoms with Crippen molar-refractivity contribution in [1.29, 1.82) is 0 Å². The SMILES string of the molecule is CC(C)(C)c1cc(-c2ccc3c4c(ccc3n2)-c2ccccc2-c2ccccc2-c2ccccc2-4)[c-]c2ccccc12.CCC(CC)C(=O)/C=C(\O)C(CC)CC.[Ir]. The van der Waals surface area contributed by atoms with Gasteiger partial charge in [0.05, 0.1) is 11.3 Å². The minimum atomic E-state index is 0. The minimum Gasteiger partial charge on any atom is -0.512 e. The molecular weight excluding hydrogens is 887 g/mol. The summed E-state index contributed by atoms with van der Waals surface area (Å²) in [6, 6.07) is 49.8. The van der Waals surface area contributed by atoms with Gasteiger partial charge >= 0.3 is 0 Å². The van der Waals surface area contributed by atoms with Gasteiger partial charge in [-0.15, -0.1) is 29.1 Å². The molecule has 1 heterocycles. The Morgan fingerprint density at radius 2 is 1.12 bits per heavy atom. The Morgan fingerprint density at radius 1 is 0.621 bits per heavy atom. The van der Waals surface area contributed by atoms with Gasteiger partial charge in [-0.2, -0.15) is 0 Å². The Hall–Kier alpha value is -5.15. The van der Waals surface area contributed by atoms with E-state index >= 15 is 0 Å². The summed E-state index contributed by atoms with van der Waals surface area (Å²) in [7, 11) is 0. The van der Waals surface area contributed by atoms with E-state index in [0.717, 1.165) is 53.2 Å². The van der Waals surface area contributed by atoms with Crippen LogP contribution in [0.1, 0.15) is 79.7 Å². The number of aliphatic hydroxyl groups is 1. The molecule has 0 aliphatic heterocycles. The summed E-state index contributed by atoms with van der Waals surface area (Å²) >= 11 is 0. The fourth-order valence-corrected chi connectivity index (χ4v) is 8.48. The molecular formula is C54H54IrNO2-. The van der Waals surface area contributed by atoms with Crippen LogP contribution in [0.5, 0.6) is 0 Å². The van der Waals surface area contributed by atoms with Crippen molar-refractivity contribution in [3.8, 4) is 55.8 Å². The number of carbonyl (C=O) groups is 1. The third-order valence-electron chi connectivity index (χ3n) is 11.7. The average Bonchev–Trinajstić information content (AvgIpc) is 3.23. The molecule has 0 amide bonds. The Kier molecular flexibility index (Phi) is 13.3. The first-order valence-electron chi connectivity index (χ1n) is 20.7. The molecule has 8 rings (SSSR count). The summed E-state index contributed by atoms with van der Waals surface area (Å²) in [5, 5.41) is 13.3. The predicted octanol–water partition coefficient (Wildman–Crippen LogP) is 15.0. The van der Waals surface area contributed by atoms with Crippen LogP contribution in [0.2, 0.25) is 0 Å². The summed E-state index contributed by atoms with van der Waals surface area (Å²) in [5.41, 5.74) is 14.3. The maximum Gasteiger partial charge on any atom is 0.162 e. The van der Waals surface area contributed by atoms with E-state index in [1.54, 1.807) is 0 Å². The molecule has 0 saturated heterocycles. The predicted molar refractivity (Wildman–Crippen MR) is 241 cm³/mol. The first-order valence-corrected chi connectivity index (χ1v) is 20.7. The first kappa shape index (κ1) is 42.5. The number of fused-ring (bicyclic) bond motifs is 11. The van der Waals surface area contributed by atoms with Crippen molar-refractivity contribution in [1.82, 2.24) is 4.98 Å². The molecule has 0 atom stereocenters. The van der Waals surface area contributed by atoms with Gasteiger partial charge in [-0.1, -0.05) is 169 Å². The number of allylic oxidation sites excluding steroid dienone is 2. The van der Waals surface area contributed by atoms with Crippen LogP contribution in [0.25, 0.3) is 77.4 Å². The monoisotopic (exact) mass is 941 g/mol. The minimum absolute atomic E-state index is 0. The molecule has 0 unspecified atom stereocenters. The second kappa shape index (κ2) is 18.2. The zero-order valence-corrected chi connectivity index (χ0v) is 37.2. The molecule has 3 nitrogen and oxygen atoms in total. The van der Waals surface area contributed by atoms with Crippen molar-refractivity contribution in [3.05, 3.63) is 151 Å². The van der Waals surface area contributed by atoms with Gasteiger partial charge in [0.1, 0.15) is 0 Å². The van der Waals surface area contributed by atoms with Gasteiger partial charge in [-0.25, -0.2) is 0 Å². The van der Waals surface area contributed by atoms with Gasteiger partial charge in [0.2, 0.25) is 0 Å². The maximum atomic E-state index is 11.7. The molecule has 0 fully saturated rings. The fourth-order valence-electron chi connectivity index (χ4n) is 8.48. The summed E-state index contributed by atoms with van der Waals surface area (Å²) in [6.45, 7) is 14.9. The number of ketones is 1. The Bertz CT molecular complexity index is 2600. The molecule has 7 aromatic rings. The van der Waals surface area contributed by atoms with E-state index in [1.807, 2.05) is 27.7 Å². The van der Waals surface area contributed by atoms with Gasteiger partial charge in [-0.3, -0.25) is 9.78 Å². The second-order valence-electron chi connectivity index (χ2n) is 16.3. The van der Waals surface area contributed by atoms with E-state index in [0.29, 0.717) is 0 Å². The van der Waals surface area contributed by atoms with E-state index in [-0.39, 0.29) is 48.9 Å². The number of aromatic nitrogens is 1. The van der Waals surface area contributed by atoms with Crippen molar-refractivity contribution in [2.24, 2.45) is 11.8 Å². The van der Waals surface area contributed by atoms with Crippen molar-refractivity contribution in [3.63, 3.8) is 0 Å². The average molecular weight is 941 g/mol. The van der Waals surface area contributed by atoms with Crippen LogP contribution in [0.15, 0.2) is 139 Å².